The van der Waals surface area contributed by atoms with Crippen LogP contribution in [0.15, 0.2) is 24.3 Å². The number of carbonyl (C=O) groups excluding carboxylic acids is 1. The van der Waals surface area contributed by atoms with E-state index >= 15 is 0 Å². The number of ether oxygens (including phenoxy) is 1. The van der Waals surface area contributed by atoms with Crippen LogP contribution in [0, 0.1) is 5.41 Å². The Morgan fingerprint density at radius 3 is 2.20 bits per heavy atom. The minimum atomic E-state index is -0.294. The van der Waals surface area contributed by atoms with E-state index in [-0.39, 0.29) is 11.4 Å². The second-order valence-electron chi connectivity index (χ2n) is 4.25. The van der Waals surface area contributed by atoms with Crippen molar-refractivity contribution in [2.24, 2.45) is 0 Å². The van der Waals surface area contributed by atoms with Gasteiger partial charge in [-0.15, -0.1) is 0 Å². The van der Waals surface area contributed by atoms with Crippen LogP contribution in [0.3, 0.4) is 0 Å². The summed E-state index contributed by atoms with van der Waals surface area (Å²) in [5.74, 6) is 0.432. The van der Waals surface area contributed by atoms with Crippen molar-refractivity contribution in [1.82, 2.24) is 0 Å². The van der Waals surface area contributed by atoms with Gasteiger partial charge < -0.3 is 10.1 Å². The van der Waals surface area contributed by atoms with Crippen LogP contribution in [-0.4, -0.2) is 17.6 Å². The van der Waals surface area contributed by atoms with E-state index in [1.165, 1.54) is 0 Å². The molecule has 3 heteroatoms. The molecule has 0 spiro atoms. The molecule has 0 unspecified atom stereocenters. The Kier molecular flexibility index (Phi) is 3.24. The van der Waals surface area contributed by atoms with E-state index < -0.39 is 0 Å². The van der Waals surface area contributed by atoms with Crippen molar-refractivity contribution in [3.8, 4) is 5.75 Å². The van der Waals surface area contributed by atoms with Gasteiger partial charge in [-0.05, 0) is 45.0 Å². The van der Waals surface area contributed by atoms with E-state index in [9.17, 15) is 4.79 Å². The molecule has 0 bridgehead atoms. The molecule has 3 nitrogen and oxygen atoms in total. The van der Waals surface area contributed by atoms with E-state index in [0.717, 1.165) is 12.0 Å². The predicted octanol–water partition coefficient (Wildman–Crippen LogP) is 2.70. The van der Waals surface area contributed by atoms with Crippen LogP contribution in [-0.2, 0) is 0 Å². The molecule has 0 aliphatic heterocycles. The van der Waals surface area contributed by atoms with Crippen molar-refractivity contribution in [2.45, 2.75) is 26.4 Å². The van der Waals surface area contributed by atoms with Gasteiger partial charge >= 0.3 is 0 Å². The third-order valence-electron chi connectivity index (χ3n) is 1.69. The Morgan fingerprint density at radius 1 is 1.27 bits per heavy atom. The third kappa shape index (κ3) is 3.54. The lowest BCUT2D eigenvalue weighted by atomic mass is 10.1. The predicted molar refractivity (Wildman–Crippen MR) is 59.9 cm³/mol. The topological polar surface area (TPSA) is 50.2 Å². The molecule has 0 aliphatic rings. The van der Waals surface area contributed by atoms with Crippen molar-refractivity contribution < 1.29 is 9.53 Å². The van der Waals surface area contributed by atoms with Crippen molar-refractivity contribution in [2.75, 3.05) is 0 Å². The van der Waals surface area contributed by atoms with Crippen LogP contribution in [0.4, 0.5) is 0 Å². The Morgan fingerprint density at radius 2 is 1.80 bits per heavy atom. The van der Waals surface area contributed by atoms with E-state index in [1.807, 2.05) is 20.8 Å². The first-order valence-corrected chi connectivity index (χ1v) is 4.76. The molecule has 0 radical (unpaired) electrons. The SMILES string of the molecule is CC(C)(C)Oc1ccc(C(=O)C=N)cc1. The maximum absolute atomic E-state index is 11.1. The van der Waals surface area contributed by atoms with Crippen molar-refractivity contribution >= 4 is 12.0 Å². The van der Waals surface area contributed by atoms with Crippen LogP contribution < -0.4 is 4.74 Å². The standard InChI is InChI=1S/C12H15NO2/c1-12(2,3)15-10-6-4-9(5-7-10)11(14)8-13/h4-8,13H,1-3H3. The van der Waals surface area contributed by atoms with Crippen molar-refractivity contribution in [3.63, 3.8) is 0 Å². The second-order valence-corrected chi connectivity index (χ2v) is 4.25. The molecule has 0 fully saturated rings. The minimum absolute atomic E-state index is 0.243. The lowest BCUT2D eigenvalue weighted by Gasteiger charge is -2.21. The summed E-state index contributed by atoms with van der Waals surface area (Å²) in [5, 5.41) is 6.84. The summed E-state index contributed by atoms with van der Waals surface area (Å²) in [5.41, 5.74) is 0.263. The quantitative estimate of drug-likeness (QED) is 0.609. The molecule has 80 valence electrons. The fourth-order valence-electron chi connectivity index (χ4n) is 1.12. The average Bonchev–Trinajstić information content (AvgIpc) is 2.15. The highest BCUT2D eigenvalue weighted by atomic mass is 16.5. The molecule has 0 aromatic heterocycles. The Hall–Kier alpha value is -1.64. The van der Waals surface area contributed by atoms with Gasteiger partial charge in [-0.25, -0.2) is 0 Å². The van der Waals surface area contributed by atoms with Crippen LogP contribution >= 0.6 is 0 Å². The number of hydrogen-bond acceptors (Lipinski definition) is 3. The summed E-state index contributed by atoms with van der Waals surface area (Å²) in [6.45, 7) is 5.89. The van der Waals surface area contributed by atoms with Crippen molar-refractivity contribution in [1.29, 1.82) is 5.41 Å². The first-order valence-electron chi connectivity index (χ1n) is 4.76. The largest absolute Gasteiger partial charge is 0.488 e. The molecule has 0 saturated carbocycles. The fourth-order valence-corrected chi connectivity index (χ4v) is 1.12. The molecule has 1 rings (SSSR count). The third-order valence-corrected chi connectivity index (χ3v) is 1.69. The highest BCUT2D eigenvalue weighted by Gasteiger charge is 2.11. The van der Waals surface area contributed by atoms with E-state index in [4.69, 9.17) is 10.1 Å². The summed E-state index contributed by atoms with van der Waals surface area (Å²) in [6, 6.07) is 6.80. The zero-order valence-corrected chi connectivity index (χ0v) is 9.20. The van der Waals surface area contributed by atoms with Crippen LogP contribution in [0.25, 0.3) is 0 Å². The van der Waals surface area contributed by atoms with Gasteiger partial charge in [0, 0.05) is 5.56 Å². The molecule has 0 heterocycles. The van der Waals surface area contributed by atoms with E-state index in [1.54, 1.807) is 24.3 Å². The van der Waals surface area contributed by atoms with Gasteiger partial charge in [0.25, 0.3) is 0 Å². The highest BCUT2D eigenvalue weighted by Crippen LogP contribution is 2.18. The maximum atomic E-state index is 11.1. The lowest BCUT2D eigenvalue weighted by Crippen LogP contribution is -2.22. The van der Waals surface area contributed by atoms with Gasteiger partial charge in [0.05, 0.1) is 6.21 Å². The summed E-state index contributed by atoms with van der Waals surface area (Å²) in [6.07, 6.45) is 0.805. The molecular weight excluding hydrogens is 190 g/mol. The fraction of sp³-hybridized carbons (Fsp3) is 0.333. The summed E-state index contributed by atoms with van der Waals surface area (Å²) >= 11 is 0. The Bertz CT molecular complexity index is 360. The smallest absolute Gasteiger partial charge is 0.203 e. The van der Waals surface area contributed by atoms with Gasteiger partial charge in [-0.1, -0.05) is 0 Å². The molecule has 1 N–H and O–H groups in total. The number of rotatable bonds is 3. The summed E-state index contributed by atoms with van der Waals surface area (Å²) in [4.78, 5) is 11.1. The van der Waals surface area contributed by atoms with Crippen LogP contribution in [0.2, 0.25) is 0 Å². The Labute approximate surface area is 89.6 Å². The van der Waals surface area contributed by atoms with Crippen molar-refractivity contribution in [3.05, 3.63) is 29.8 Å². The first-order chi connectivity index (χ1) is 6.92. The highest BCUT2D eigenvalue weighted by molar-refractivity contribution is 6.34. The van der Waals surface area contributed by atoms with Gasteiger partial charge in [-0.2, -0.15) is 0 Å². The number of hydrogen-bond donors (Lipinski definition) is 1. The molecule has 1 aromatic rings. The Balaban J connectivity index is 2.81. The second kappa shape index (κ2) is 4.26. The minimum Gasteiger partial charge on any atom is -0.488 e. The number of nitrogens with one attached hydrogen (secondary N) is 1. The zero-order chi connectivity index (χ0) is 11.5. The summed E-state index contributed by atoms with van der Waals surface area (Å²) in [7, 11) is 0. The average molecular weight is 205 g/mol. The van der Waals surface area contributed by atoms with Gasteiger partial charge in [0.1, 0.15) is 11.4 Å². The molecule has 0 atom stereocenters. The van der Waals surface area contributed by atoms with Gasteiger partial charge in [-0.3, -0.25) is 4.79 Å². The molecule has 1 aromatic carbocycles. The number of carbonyl (C=O) groups is 1. The monoisotopic (exact) mass is 205 g/mol. The van der Waals surface area contributed by atoms with E-state index in [0.29, 0.717) is 5.56 Å². The lowest BCUT2D eigenvalue weighted by molar-refractivity contribution is 0.107. The van der Waals surface area contributed by atoms with Crippen LogP contribution in [0.1, 0.15) is 31.1 Å². The zero-order valence-electron chi connectivity index (χ0n) is 9.20. The summed E-state index contributed by atoms with van der Waals surface area (Å²) < 4.78 is 5.60. The number of ketones is 1. The normalized spacial score (nSPS) is 10.9. The molecule has 0 amide bonds. The molecule has 0 aliphatic carbocycles. The number of benzene rings is 1. The molecule has 15 heavy (non-hydrogen) atoms. The first kappa shape index (κ1) is 11.4. The molecular formula is C12H15NO2. The van der Waals surface area contributed by atoms with Gasteiger partial charge in [0.2, 0.25) is 5.78 Å². The van der Waals surface area contributed by atoms with E-state index in [2.05, 4.69) is 0 Å². The number of Topliss-reactive ketones (excluding diaryl/α,β-unsaturated/α-hetero) is 1. The maximum Gasteiger partial charge on any atom is 0.203 e. The van der Waals surface area contributed by atoms with Crippen LogP contribution in [0.5, 0.6) is 5.75 Å². The molecule has 0 saturated heterocycles. The van der Waals surface area contributed by atoms with Gasteiger partial charge in [0.15, 0.2) is 0 Å².